The van der Waals surface area contributed by atoms with Gasteiger partial charge in [0.2, 0.25) is 10.0 Å². The number of anilines is 2. The summed E-state index contributed by atoms with van der Waals surface area (Å²) in [4.78, 5) is 12.9. The van der Waals surface area contributed by atoms with Gasteiger partial charge in [-0.25, -0.2) is 8.42 Å². The van der Waals surface area contributed by atoms with Gasteiger partial charge in [0.1, 0.15) is 0 Å². The zero-order valence-electron chi connectivity index (χ0n) is 15.4. The number of hydrogen-bond donors (Lipinski definition) is 1. The molecule has 1 N–H and O–H groups in total. The second-order valence-corrected chi connectivity index (χ2v) is 8.28. The Morgan fingerprint density at radius 3 is 2.33 bits per heavy atom. The third-order valence-electron chi connectivity index (χ3n) is 3.95. The maximum atomic E-state index is 12.9. The Balaban J connectivity index is 2.56. The lowest BCUT2D eigenvalue weighted by Crippen LogP contribution is -2.30. The number of carbonyl (C=O) groups is 1. The molecule has 0 aliphatic carbocycles. The van der Waals surface area contributed by atoms with Crippen molar-refractivity contribution in [3.05, 3.63) is 47.0 Å². The van der Waals surface area contributed by atoms with Crippen LogP contribution in [0.3, 0.4) is 0 Å². The van der Waals surface area contributed by atoms with E-state index in [1.54, 1.807) is 24.3 Å². The highest BCUT2D eigenvalue weighted by atomic mass is 35.5. The first kappa shape index (κ1) is 20.9. The Labute approximate surface area is 163 Å². The summed E-state index contributed by atoms with van der Waals surface area (Å²) < 4.78 is 36.2. The van der Waals surface area contributed by atoms with Crippen LogP contribution in [0.2, 0.25) is 5.02 Å². The summed E-state index contributed by atoms with van der Waals surface area (Å²) in [5, 5.41) is 3.18. The van der Waals surface area contributed by atoms with Crippen molar-refractivity contribution in [2.24, 2.45) is 0 Å². The van der Waals surface area contributed by atoms with Crippen LogP contribution >= 0.6 is 11.6 Å². The Morgan fingerprint density at radius 2 is 1.78 bits per heavy atom. The van der Waals surface area contributed by atoms with E-state index in [-0.39, 0.29) is 17.0 Å². The number of amides is 1. The number of ether oxygens (including phenoxy) is 2. The number of nitrogens with zero attached hydrogens (tertiary/aromatic N) is 1. The third-order valence-corrected chi connectivity index (χ3v) is 5.95. The molecule has 2 aromatic carbocycles. The number of carbonyl (C=O) groups excluding carboxylic acids is 1. The Kier molecular flexibility index (Phi) is 6.56. The third kappa shape index (κ3) is 4.64. The standard InChI is InChI=1S/C18H21ClN2O5S/c1-5-27(23,24)21(2)15-11-17(26-4)16(25-3)10-14(15)18(22)20-13-8-6-7-12(19)9-13/h6-11H,5H2,1-4H3,(H,20,22). The molecule has 2 aromatic rings. The van der Waals surface area contributed by atoms with E-state index in [9.17, 15) is 13.2 Å². The van der Waals surface area contributed by atoms with E-state index in [0.29, 0.717) is 22.2 Å². The fraction of sp³-hybridized carbons (Fsp3) is 0.278. The molecule has 0 atom stereocenters. The van der Waals surface area contributed by atoms with Gasteiger partial charge in [0.25, 0.3) is 5.91 Å². The molecule has 0 aliphatic heterocycles. The molecule has 0 unspecified atom stereocenters. The van der Waals surface area contributed by atoms with E-state index in [1.807, 2.05) is 0 Å². The predicted octanol–water partition coefficient (Wildman–Crippen LogP) is 3.40. The minimum absolute atomic E-state index is 0.118. The molecule has 1 amide bonds. The summed E-state index contributed by atoms with van der Waals surface area (Å²) in [7, 11) is 0.655. The first-order valence-corrected chi connectivity index (χ1v) is 10.0. The first-order valence-electron chi connectivity index (χ1n) is 8.03. The van der Waals surface area contributed by atoms with Gasteiger partial charge >= 0.3 is 0 Å². The van der Waals surface area contributed by atoms with Crippen LogP contribution in [0.15, 0.2) is 36.4 Å². The summed E-state index contributed by atoms with van der Waals surface area (Å²) in [5.74, 6) is -0.0103. The lowest BCUT2D eigenvalue weighted by molar-refractivity contribution is 0.102. The van der Waals surface area contributed by atoms with Crippen LogP contribution in [0.25, 0.3) is 0 Å². The molecule has 7 nitrogen and oxygen atoms in total. The number of hydrogen-bond acceptors (Lipinski definition) is 5. The van der Waals surface area contributed by atoms with Crippen LogP contribution in [-0.2, 0) is 10.0 Å². The molecular formula is C18H21ClN2O5S. The largest absolute Gasteiger partial charge is 0.493 e. The molecule has 0 radical (unpaired) electrons. The highest BCUT2D eigenvalue weighted by molar-refractivity contribution is 7.92. The SMILES string of the molecule is CCS(=O)(=O)N(C)c1cc(OC)c(OC)cc1C(=O)Nc1cccc(Cl)c1. The number of methoxy groups -OCH3 is 2. The van der Waals surface area contributed by atoms with E-state index >= 15 is 0 Å². The average Bonchev–Trinajstić information content (AvgIpc) is 2.66. The summed E-state index contributed by atoms with van der Waals surface area (Å²) in [6.45, 7) is 1.53. The van der Waals surface area contributed by atoms with Crippen molar-refractivity contribution in [1.82, 2.24) is 0 Å². The van der Waals surface area contributed by atoms with E-state index in [2.05, 4.69) is 5.32 Å². The van der Waals surface area contributed by atoms with Crippen molar-refractivity contribution < 1.29 is 22.7 Å². The summed E-state index contributed by atoms with van der Waals surface area (Å²) in [6.07, 6.45) is 0. The molecular weight excluding hydrogens is 392 g/mol. The highest BCUT2D eigenvalue weighted by Gasteiger charge is 2.25. The van der Waals surface area contributed by atoms with Crippen LogP contribution in [0.5, 0.6) is 11.5 Å². The normalized spacial score (nSPS) is 11.0. The minimum Gasteiger partial charge on any atom is -0.493 e. The molecule has 0 heterocycles. The van der Waals surface area contributed by atoms with E-state index in [1.165, 1.54) is 40.3 Å². The lowest BCUT2D eigenvalue weighted by Gasteiger charge is -2.23. The van der Waals surface area contributed by atoms with Crippen LogP contribution in [0.4, 0.5) is 11.4 Å². The average molecular weight is 413 g/mol. The van der Waals surface area contributed by atoms with Crippen molar-refractivity contribution in [3.63, 3.8) is 0 Å². The molecule has 0 spiro atoms. The fourth-order valence-electron chi connectivity index (χ4n) is 2.42. The van der Waals surface area contributed by atoms with Gasteiger partial charge < -0.3 is 14.8 Å². The molecule has 0 aromatic heterocycles. The predicted molar refractivity (Wildman–Crippen MR) is 107 cm³/mol. The van der Waals surface area contributed by atoms with Crippen LogP contribution in [0.1, 0.15) is 17.3 Å². The molecule has 2 rings (SSSR count). The summed E-state index contributed by atoms with van der Waals surface area (Å²) in [6, 6.07) is 9.54. The number of halogens is 1. The zero-order chi connectivity index (χ0) is 20.2. The molecule has 0 bridgehead atoms. The van der Waals surface area contributed by atoms with Gasteiger partial charge in [-0.05, 0) is 31.2 Å². The van der Waals surface area contributed by atoms with Crippen LogP contribution in [0, 0.1) is 0 Å². The van der Waals surface area contributed by atoms with Gasteiger partial charge in [-0.15, -0.1) is 0 Å². The lowest BCUT2D eigenvalue weighted by atomic mass is 10.1. The van der Waals surface area contributed by atoms with Gasteiger partial charge in [-0.1, -0.05) is 17.7 Å². The Morgan fingerprint density at radius 1 is 1.15 bits per heavy atom. The van der Waals surface area contributed by atoms with E-state index < -0.39 is 15.9 Å². The van der Waals surface area contributed by atoms with E-state index in [0.717, 1.165) is 4.31 Å². The molecule has 0 saturated heterocycles. The first-order chi connectivity index (χ1) is 12.7. The van der Waals surface area contributed by atoms with Crippen molar-refractivity contribution in [1.29, 1.82) is 0 Å². The topological polar surface area (TPSA) is 84.9 Å². The van der Waals surface area contributed by atoms with Crippen molar-refractivity contribution in [3.8, 4) is 11.5 Å². The second kappa shape index (κ2) is 8.49. The quantitative estimate of drug-likeness (QED) is 0.753. The monoisotopic (exact) mass is 412 g/mol. The van der Waals surface area contributed by atoms with Gasteiger partial charge in [0.15, 0.2) is 11.5 Å². The van der Waals surface area contributed by atoms with Gasteiger partial charge in [0, 0.05) is 23.8 Å². The maximum Gasteiger partial charge on any atom is 0.257 e. The number of sulfonamides is 1. The maximum absolute atomic E-state index is 12.9. The van der Waals surface area contributed by atoms with Crippen molar-refractivity contribution in [2.75, 3.05) is 36.6 Å². The molecule has 0 fully saturated rings. The molecule has 9 heteroatoms. The number of rotatable bonds is 7. The molecule has 146 valence electrons. The van der Waals surface area contributed by atoms with Gasteiger partial charge in [-0.2, -0.15) is 0 Å². The number of nitrogens with one attached hydrogen (secondary N) is 1. The zero-order valence-corrected chi connectivity index (χ0v) is 17.0. The van der Waals surface area contributed by atoms with Gasteiger partial charge in [-0.3, -0.25) is 9.10 Å². The Hall–Kier alpha value is -2.45. The smallest absolute Gasteiger partial charge is 0.257 e. The summed E-state index contributed by atoms with van der Waals surface area (Å²) in [5.41, 5.74) is 0.774. The van der Waals surface area contributed by atoms with Crippen LogP contribution < -0.4 is 19.1 Å². The van der Waals surface area contributed by atoms with Gasteiger partial charge in [0.05, 0.1) is 31.2 Å². The molecule has 0 saturated carbocycles. The fourth-order valence-corrected chi connectivity index (χ4v) is 3.45. The van der Waals surface area contributed by atoms with Crippen molar-refractivity contribution >= 4 is 38.9 Å². The van der Waals surface area contributed by atoms with E-state index in [4.69, 9.17) is 21.1 Å². The summed E-state index contributed by atoms with van der Waals surface area (Å²) >= 11 is 5.95. The highest BCUT2D eigenvalue weighted by Crippen LogP contribution is 2.36. The molecule has 0 aliphatic rings. The minimum atomic E-state index is -3.60. The van der Waals surface area contributed by atoms with Crippen molar-refractivity contribution in [2.45, 2.75) is 6.92 Å². The Bertz CT molecular complexity index is 947. The molecule has 27 heavy (non-hydrogen) atoms. The number of benzene rings is 2. The van der Waals surface area contributed by atoms with Crippen LogP contribution in [-0.4, -0.2) is 41.3 Å². The second-order valence-electron chi connectivity index (χ2n) is 5.56.